The van der Waals surface area contributed by atoms with Crippen molar-refractivity contribution in [2.45, 2.75) is 18.9 Å². The van der Waals surface area contributed by atoms with Crippen molar-refractivity contribution < 1.29 is 9.32 Å². The molecule has 3 heterocycles. The minimum absolute atomic E-state index is 0.0447. The average Bonchev–Trinajstić information content (AvgIpc) is 3.22. The molecule has 7 nitrogen and oxygen atoms in total. The quantitative estimate of drug-likeness (QED) is 0.730. The summed E-state index contributed by atoms with van der Waals surface area (Å²) in [6.07, 6.45) is 2.49. The van der Waals surface area contributed by atoms with Gasteiger partial charge in [0.2, 0.25) is 11.8 Å². The number of likely N-dealkylation sites (tertiary alicyclic amines) is 1. The first kappa shape index (κ1) is 13.0. The molecule has 4 rings (SSSR count). The van der Waals surface area contributed by atoms with E-state index in [1.54, 1.807) is 18.3 Å². The van der Waals surface area contributed by atoms with E-state index in [1.165, 1.54) is 0 Å². The smallest absolute Gasteiger partial charge is 0.239 e. The van der Waals surface area contributed by atoms with Crippen LogP contribution in [0.1, 0.15) is 24.1 Å². The molecule has 0 spiro atoms. The zero-order valence-electron chi connectivity index (χ0n) is 12.1. The molecule has 1 fully saturated rings. The molecule has 0 aliphatic carbocycles. The predicted octanol–water partition coefficient (Wildman–Crippen LogP) is 1.41. The molecule has 1 aromatic carbocycles. The van der Waals surface area contributed by atoms with Crippen molar-refractivity contribution in [2.24, 2.45) is 0 Å². The molecule has 1 amide bonds. The highest BCUT2D eigenvalue weighted by Gasteiger charge is 2.34. The van der Waals surface area contributed by atoms with E-state index in [1.807, 2.05) is 28.8 Å². The summed E-state index contributed by atoms with van der Waals surface area (Å²) < 4.78 is 7.25. The molecule has 1 aliphatic rings. The molecule has 1 aliphatic heterocycles. The minimum Gasteiger partial charge on any atom is -0.345 e. The molecule has 112 valence electrons. The van der Waals surface area contributed by atoms with Crippen molar-refractivity contribution in [3.8, 4) is 0 Å². The van der Waals surface area contributed by atoms with Crippen LogP contribution in [0.25, 0.3) is 11.0 Å². The van der Waals surface area contributed by atoms with E-state index in [-0.39, 0.29) is 11.8 Å². The van der Waals surface area contributed by atoms with Crippen molar-refractivity contribution >= 4 is 16.9 Å². The number of rotatable bonds is 3. The van der Waals surface area contributed by atoms with Crippen LogP contribution in [0.2, 0.25) is 0 Å². The highest BCUT2D eigenvalue weighted by atomic mass is 16.5. The number of benzene rings is 1. The van der Waals surface area contributed by atoms with Gasteiger partial charge in [0, 0.05) is 13.6 Å². The fourth-order valence-electron chi connectivity index (χ4n) is 2.81. The van der Waals surface area contributed by atoms with Gasteiger partial charge in [-0.25, -0.2) is 4.98 Å². The van der Waals surface area contributed by atoms with E-state index >= 15 is 0 Å². The summed E-state index contributed by atoms with van der Waals surface area (Å²) in [6.45, 7) is 1.20. The normalized spacial score (nSPS) is 18.5. The van der Waals surface area contributed by atoms with Crippen LogP contribution in [-0.4, -0.2) is 44.1 Å². The number of fused-ring (bicyclic) bond motifs is 1. The number of para-hydroxylation sites is 2. The van der Waals surface area contributed by atoms with Crippen LogP contribution in [0.5, 0.6) is 0 Å². The number of nitrogens with zero attached hydrogens (tertiary/aromatic N) is 5. The lowest BCUT2D eigenvalue weighted by Crippen LogP contribution is -2.21. The molecule has 2 aromatic heterocycles. The lowest BCUT2D eigenvalue weighted by Gasteiger charge is -2.06. The summed E-state index contributed by atoms with van der Waals surface area (Å²) in [5.74, 6) is 0.711. The molecular formula is C15H15N5O2. The van der Waals surface area contributed by atoms with Crippen LogP contribution in [0.3, 0.4) is 0 Å². The number of hydrogen-bond donors (Lipinski definition) is 0. The maximum atomic E-state index is 12.0. The number of aromatic nitrogens is 4. The Morgan fingerprint density at radius 3 is 3.05 bits per heavy atom. The number of carbonyl (C=O) groups excluding carboxylic acids is 1. The van der Waals surface area contributed by atoms with E-state index in [2.05, 4.69) is 15.1 Å². The molecule has 7 heteroatoms. The van der Waals surface area contributed by atoms with Gasteiger partial charge in [0.1, 0.15) is 5.92 Å². The van der Waals surface area contributed by atoms with Gasteiger partial charge in [0.15, 0.2) is 5.82 Å². The molecule has 3 aromatic rings. The fraction of sp³-hybridized carbons (Fsp3) is 0.333. The largest absolute Gasteiger partial charge is 0.345 e. The maximum absolute atomic E-state index is 12.0. The lowest BCUT2D eigenvalue weighted by atomic mass is 10.1. The van der Waals surface area contributed by atoms with Crippen molar-refractivity contribution in [2.75, 3.05) is 13.6 Å². The van der Waals surface area contributed by atoms with Gasteiger partial charge in [-0.1, -0.05) is 17.3 Å². The maximum Gasteiger partial charge on any atom is 0.239 e. The first-order valence-corrected chi connectivity index (χ1v) is 7.20. The van der Waals surface area contributed by atoms with Gasteiger partial charge in [-0.05, 0) is 18.6 Å². The van der Waals surface area contributed by atoms with Crippen molar-refractivity contribution in [3.05, 3.63) is 42.3 Å². The monoisotopic (exact) mass is 297 g/mol. The van der Waals surface area contributed by atoms with Crippen molar-refractivity contribution in [1.82, 2.24) is 24.6 Å². The highest BCUT2D eigenvalue weighted by molar-refractivity contribution is 5.84. The molecule has 1 unspecified atom stereocenters. The Balaban J connectivity index is 1.58. The van der Waals surface area contributed by atoms with Crippen LogP contribution in [0.15, 0.2) is 35.1 Å². The first-order valence-electron chi connectivity index (χ1n) is 7.20. The van der Waals surface area contributed by atoms with Gasteiger partial charge in [-0.3, -0.25) is 4.79 Å². The zero-order chi connectivity index (χ0) is 15.1. The molecular weight excluding hydrogens is 282 g/mol. The van der Waals surface area contributed by atoms with Crippen LogP contribution in [-0.2, 0) is 11.3 Å². The van der Waals surface area contributed by atoms with Gasteiger partial charge in [0.25, 0.3) is 0 Å². The van der Waals surface area contributed by atoms with Gasteiger partial charge in [0.05, 0.1) is 23.9 Å². The Hall–Kier alpha value is -2.70. The standard InChI is InChI=1S/C15H15N5O2/c1-19-7-6-10(15(19)21)14-17-13(18-22-14)8-20-9-16-11-4-2-3-5-12(11)20/h2-5,9-10H,6-8H2,1H3. The van der Waals surface area contributed by atoms with Crippen molar-refractivity contribution in [3.63, 3.8) is 0 Å². The van der Waals surface area contributed by atoms with Crippen LogP contribution in [0.4, 0.5) is 0 Å². The highest BCUT2D eigenvalue weighted by Crippen LogP contribution is 2.26. The third-order valence-corrected chi connectivity index (χ3v) is 4.05. The summed E-state index contributed by atoms with van der Waals surface area (Å²) in [6, 6.07) is 7.88. The molecule has 22 heavy (non-hydrogen) atoms. The Bertz CT molecular complexity index is 837. The average molecular weight is 297 g/mol. The summed E-state index contributed by atoms with van der Waals surface area (Å²) in [7, 11) is 1.79. The second kappa shape index (κ2) is 4.94. The summed E-state index contributed by atoms with van der Waals surface area (Å²) in [4.78, 5) is 22.4. The van der Waals surface area contributed by atoms with Gasteiger partial charge in [-0.15, -0.1) is 0 Å². The summed E-state index contributed by atoms with van der Waals surface area (Å²) in [5, 5.41) is 4.00. The van der Waals surface area contributed by atoms with Crippen molar-refractivity contribution in [1.29, 1.82) is 0 Å². The molecule has 1 saturated heterocycles. The molecule has 1 atom stereocenters. The Kier molecular flexibility index (Phi) is 2.92. The minimum atomic E-state index is -0.300. The van der Waals surface area contributed by atoms with E-state index in [9.17, 15) is 4.79 Å². The summed E-state index contributed by atoms with van der Waals surface area (Å²) >= 11 is 0. The Morgan fingerprint density at radius 2 is 2.23 bits per heavy atom. The second-order valence-corrected chi connectivity index (χ2v) is 5.51. The lowest BCUT2D eigenvalue weighted by molar-refractivity contribution is -0.128. The van der Waals surface area contributed by atoms with E-state index < -0.39 is 0 Å². The fourth-order valence-corrected chi connectivity index (χ4v) is 2.81. The third-order valence-electron chi connectivity index (χ3n) is 4.05. The van der Waals surface area contributed by atoms with Gasteiger partial charge < -0.3 is 14.0 Å². The first-order chi connectivity index (χ1) is 10.7. The second-order valence-electron chi connectivity index (χ2n) is 5.51. The molecule has 0 bridgehead atoms. The zero-order valence-corrected chi connectivity index (χ0v) is 12.1. The Morgan fingerprint density at radius 1 is 1.36 bits per heavy atom. The van der Waals surface area contributed by atoms with E-state index in [0.717, 1.165) is 24.0 Å². The number of likely N-dealkylation sites (N-methyl/N-ethyl adjacent to an activating group) is 1. The third kappa shape index (κ3) is 2.05. The number of hydrogen-bond acceptors (Lipinski definition) is 5. The van der Waals surface area contributed by atoms with Crippen LogP contribution in [0, 0.1) is 0 Å². The van der Waals surface area contributed by atoms with Gasteiger partial charge >= 0.3 is 0 Å². The Labute approximate surface area is 126 Å². The molecule has 0 N–H and O–H groups in total. The summed E-state index contributed by atoms with van der Waals surface area (Å²) in [5.41, 5.74) is 1.95. The predicted molar refractivity (Wildman–Crippen MR) is 78.1 cm³/mol. The molecule has 0 saturated carbocycles. The topological polar surface area (TPSA) is 77.1 Å². The van der Waals surface area contributed by atoms with E-state index in [0.29, 0.717) is 18.3 Å². The number of carbonyl (C=O) groups is 1. The van der Waals surface area contributed by atoms with Crippen LogP contribution >= 0.6 is 0 Å². The van der Waals surface area contributed by atoms with Gasteiger partial charge in [-0.2, -0.15) is 4.98 Å². The van der Waals surface area contributed by atoms with E-state index in [4.69, 9.17) is 4.52 Å². The van der Waals surface area contributed by atoms with Crippen LogP contribution < -0.4 is 0 Å². The SMILES string of the molecule is CN1CCC(c2nc(Cn3cnc4ccccc43)no2)C1=O. The number of amides is 1. The molecule has 0 radical (unpaired) electrons. The number of imidazole rings is 1.